The fourth-order valence-corrected chi connectivity index (χ4v) is 5.91. The molecule has 2 heterocycles. The number of benzene rings is 2. The number of Topliss-reactive ketones (excluding diaryl/α,β-unsaturated/α-hetero) is 1. The number of hydrogen-bond donors (Lipinski definition) is 1. The minimum atomic E-state index is -1.25. The van der Waals surface area contributed by atoms with Crippen LogP contribution in [-0.4, -0.2) is 43.0 Å². The molecule has 2 N–H and O–H groups in total. The molecule has 0 saturated heterocycles. The summed E-state index contributed by atoms with van der Waals surface area (Å²) in [5.41, 5.74) is 8.41. The maximum Gasteiger partial charge on any atom is 0.338 e. The maximum atomic E-state index is 15.5. The van der Waals surface area contributed by atoms with E-state index in [1.807, 2.05) is 0 Å². The van der Waals surface area contributed by atoms with Crippen LogP contribution in [0.3, 0.4) is 0 Å². The van der Waals surface area contributed by atoms with Gasteiger partial charge in [0.1, 0.15) is 23.3 Å². The number of ether oxygens (including phenoxy) is 3. The molecule has 43 heavy (non-hydrogen) atoms. The molecule has 0 amide bonds. The van der Waals surface area contributed by atoms with E-state index in [0.29, 0.717) is 22.6 Å². The molecule has 2 aliphatic rings. The van der Waals surface area contributed by atoms with Crippen molar-refractivity contribution in [2.24, 2.45) is 11.7 Å². The molecule has 3 aromatic rings. The molecular formula is C33H32FN3O6. The van der Waals surface area contributed by atoms with Gasteiger partial charge in [0.15, 0.2) is 5.78 Å². The van der Waals surface area contributed by atoms with E-state index >= 15 is 4.39 Å². The SMILES string of the molecule is CCOC(=O)C1=C(N)N(c2ccccc2F)C2=C(C(=O)[C@@H](C(=O)OCC)[C@H](c3cccc(OC)c3)C2)[C@@H]1c1cccnc1. The number of ketones is 1. The summed E-state index contributed by atoms with van der Waals surface area (Å²) < 4.78 is 31.7. The van der Waals surface area contributed by atoms with Gasteiger partial charge in [-0.2, -0.15) is 0 Å². The van der Waals surface area contributed by atoms with Crippen LogP contribution < -0.4 is 15.4 Å². The Morgan fingerprint density at radius 1 is 1.02 bits per heavy atom. The summed E-state index contributed by atoms with van der Waals surface area (Å²) in [6, 6.07) is 16.4. The number of allylic oxidation sites excluding steroid dienone is 2. The second-order valence-electron chi connectivity index (χ2n) is 10.1. The Bertz CT molecular complexity index is 1620. The number of carbonyl (C=O) groups excluding carboxylic acids is 3. The first-order valence-electron chi connectivity index (χ1n) is 14.0. The number of rotatable bonds is 8. The van der Waals surface area contributed by atoms with Gasteiger partial charge in [-0.25, -0.2) is 9.18 Å². The number of hydrogen-bond acceptors (Lipinski definition) is 9. The van der Waals surface area contributed by atoms with Gasteiger partial charge in [-0.05, 0) is 61.7 Å². The predicted octanol–water partition coefficient (Wildman–Crippen LogP) is 4.76. The number of pyridine rings is 1. The fraction of sp³-hybridized carbons (Fsp3) is 0.273. The van der Waals surface area contributed by atoms with Gasteiger partial charge in [-0.15, -0.1) is 0 Å². The van der Waals surface area contributed by atoms with Gasteiger partial charge < -0.3 is 19.9 Å². The molecule has 5 rings (SSSR count). The molecule has 1 aliphatic heterocycles. The maximum absolute atomic E-state index is 15.5. The van der Waals surface area contributed by atoms with Crippen molar-refractivity contribution in [1.82, 2.24) is 4.98 Å². The number of methoxy groups -OCH3 is 1. The van der Waals surface area contributed by atoms with Crippen LogP contribution in [0.4, 0.5) is 10.1 Å². The third kappa shape index (κ3) is 5.36. The molecule has 3 atom stereocenters. The Morgan fingerprint density at radius 3 is 2.44 bits per heavy atom. The Balaban J connectivity index is 1.83. The number of para-hydroxylation sites is 1. The highest BCUT2D eigenvalue weighted by molar-refractivity contribution is 6.14. The van der Waals surface area contributed by atoms with Crippen molar-refractivity contribution >= 4 is 23.4 Å². The van der Waals surface area contributed by atoms with Crippen molar-refractivity contribution in [1.29, 1.82) is 0 Å². The minimum absolute atomic E-state index is 0.0400. The number of aromatic nitrogens is 1. The van der Waals surface area contributed by atoms with Crippen molar-refractivity contribution in [3.63, 3.8) is 0 Å². The second kappa shape index (κ2) is 12.5. The van der Waals surface area contributed by atoms with E-state index in [1.54, 1.807) is 62.5 Å². The Kier molecular flexibility index (Phi) is 8.56. The highest BCUT2D eigenvalue weighted by Gasteiger charge is 2.51. The lowest BCUT2D eigenvalue weighted by molar-refractivity contribution is -0.152. The first-order valence-corrected chi connectivity index (χ1v) is 14.0. The van der Waals surface area contributed by atoms with E-state index in [4.69, 9.17) is 19.9 Å². The van der Waals surface area contributed by atoms with Crippen molar-refractivity contribution in [2.45, 2.75) is 32.1 Å². The number of anilines is 1. The molecule has 222 valence electrons. The lowest BCUT2D eigenvalue weighted by atomic mass is 9.67. The van der Waals surface area contributed by atoms with Crippen molar-refractivity contribution in [3.05, 3.63) is 113 Å². The van der Waals surface area contributed by atoms with Crippen molar-refractivity contribution in [2.75, 3.05) is 25.2 Å². The average molecular weight is 586 g/mol. The Labute approximate surface area is 248 Å². The van der Waals surface area contributed by atoms with Gasteiger partial charge in [0, 0.05) is 29.6 Å². The molecule has 0 radical (unpaired) electrons. The molecule has 2 aromatic carbocycles. The smallest absolute Gasteiger partial charge is 0.338 e. The lowest BCUT2D eigenvalue weighted by Gasteiger charge is -2.44. The van der Waals surface area contributed by atoms with Gasteiger partial charge in [0.2, 0.25) is 0 Å². The molecule has 1 aliphatic carbocycles. The number of nitrogens with zero attached hydrogens (tertiary/aromatic N) is 2. The minimum Gasteiger partial charge on any atom is -0.497 e. The molecule has 0 saturated carbocycles. The van der Waals surface area contributed by atoms with E-state index < -0.39 is 41.3 Å². The molecule has 0 unspecified atom stereocenters. The van der Waals surface area contributed by atoms with Crippen LogP contribution >= 0.6 is 0 Å². The zero-order valence-corrected chi connectivity index (χ0v) is 24.1. The lowest BCUT2D eigenvalue weighted by Crippen LogP contribution is -2.46. The monoisotopic (exact) mass is 585 g/mol. The van der Waals surface area contributed by atoms with Crippen LogP contribution in [0.2, 0.25) is 0 Å². The molecule has 0 fully saturated rings. The van der Waals surface area contributed by atoms with Gasteiger partial charge in [0.05, 0.1) is 37.5 Å². The molecule has 1 aromatic heterocycles. The summed E-state index contributed by atoms with van der Waals surface area (Å²) in [7, 11) is 1.52. The summed E-state index contributed by atoms with van der Waals surface area (Å²) in [6.45, 7) is 3.42. The zero-order valence-electron chi connectivity index (χ0n) is 24.1. The summed E-state index contributed by atoms with van der Waals surface area (Å²) in [5, 5.41) is 0. The van der Waals surface area contributed by atoms with Gasteiger partial charge in [0.25, 0.3) is 0 Å². The highest BCUT2D eigenvalue weighted by Crippen LogP contribution is 2.52. The van der Waals surface area contributed by atoms with Gasteiger partial charge >= 0.3 is 11.9 Å². The number of carbonyl (C=O) groups is 3. The van der Waals surface area contributed by atoms with Crippen LogP contribution in [0.5, 0.6) is 5.75 Å². The summed E-state index contributed by atoms with van der Waals surface area (Å²) in [4.78, 5) is 47.5. The molecule has 0 spiro atoms. The molecule has 10 heteroatoms. The van der Waals surface area contributed by atoms with Crippen LogP contribution in [0.25, 0.3) is 0 Å². The second-order valence-corrected chi connectivity index (χ2v) is 10.1. The standard InChI is InChI=1S/C33H32FN3O6/c1-4-42-32(39)27-22(19-10-8-12-21(16-19)41-3)17-25-28(30(27)38)26(20-11-9-15-36-18-20)29(33(40)43-5-2)31(35)37(25)24-14-7-6-13-23(24)34/h6-16,18,22,26-27H,4-5,17,35H2,1-3H3/t22-,26-,27-/m0/s1. The summed E-state index contributed by atoms with van der Waals surface area (Å²) in [6.07, 6.45) is 3.19. The van der Waals surface area contributed by atoms with Crippen LogP contribution in [0, 0.1) is 11.7 Å². The van der Waals surface area contributed by atoms with E-state index in [2.05, 4.69) is 4.98 Å². The van der Waals surface area contributed by atoms with Gasteiger partial charge in [-0.3, -0.25) is 19.5 Å². The predicted molar refractivity (Wildman–Crippen MR) is 156 cm³/mol. The zero-order chi connectivity index (χ0) is 30.7. The largest absolute Gasteiger partial charge is 0.497 e. The first-order chi connectivity index (χ1) is 20.8. The summed E-state index contributed by atoms with van der Waals surface area (Å²) >= 11 is 0. The van der Waals surface area contributed by atoms with E-state index in [9.17, 15) is 14.4 Å². The topological polar surface area (TPSA) is 121 Å². The Hall–Kier alpha value is -4.99. The Morgan fingerprint density at radius 2 is 1.77 bits per heavy atom. The van der Waals surface area contributed by atoms with Crippen molar-refractivity contribution < 1.29 is 33.0 Å². The first kappa shape index (κ1) is 29.5. The van der Waals surface area contributed by atoms with E-state index in [1.165, 1.54) is 36.4 Å². The normalized spacial score (nSPS) is 20.0. The third-order valence-electron chi connectivity index (χ3n) is 7.71. The highest BCUT2D eigenvalue weighted by atomic mass is 19.1. The summed E-state index contributed by atoms with van der Waals surface area (Å²) in [5.74, 6) is -5.16. The molecule has 9 nitrogen and oxygen atoms in total. The number of halogens is 1. The molecular weight excluding hydrogens is 553 g/mol. The number of nitrogens with two attached hydrogens (primary N) is 1. The average Bonchev–Trinajstić information content (AvgIpc) is 3.01. The van der Waals surface area contributed by atoms with Crippen molar-refractivity contribution in [3.8, 4) is 5.75 Å². The molecule has 0 bridgehead atoms. The van der Waals surface area contributed by atoms with E-state index in [0.717, 1.165) is 0 Å². The van der Waals surface area contributed by atoms with Gasteiger partial charge in [-0.1, -0.05) is 30.3 Å². The van der Waals surface area contributed by atoms with Crippen LogP contribution in [0.1, 0.15) is 43.2 Å². The van der Waals surface area contributed by atoms with Crippen LogP contribution in [0.15, 0.2) is 95.7 Å². The number of esters is 2. The fourth-order valence-electron chi connectivity index (χ4n) is 5.91. The van der Waals surface area contributed by atoms with Crippen LogP contribution in [-0.2, 0) is 23.9 Å². The quantitative estimate of drug-likeness (QED) is 0.295. The third-order valence-corrected chi connectivity index (χ3v) is 7.71. The van der Waals surface area contributed by atoms with E-state index in [-0.39, 0.29) is 42.3 Å².